The summed E-state index contributed by atoms with van der Waals surface area (Å²) in [4.78, 5) is 27.0. The van der Waals surface area contributed by atoms with Crippen molar-refractivity contribution in [2.75, 3.05) is 6.54 Å². The molecule has 1 aliphatic rings. The molecule has 2 amide bonds. The van der Waals surface area contributed by atoms with Gasteiger partial charge in [-0.25, -0.2) is 0 Å². The first kappa shape index (κ1) is 14.8. The second-order valence-electron chi connectivity index (χ2n) is 5.35. The highest BCUT2D eigenvalue weighted by Gasteiger charge is 2.34. The van der Waals surface area contributed by atoms with E-state index in [9.17, 15) is 9.59 Å². The molecule has 3 rings (SSSR count). The first-order valence-electron chi connectivity index (χ1n) is 7.21. The summed E-state index contributed by atoms with van der Waals surface area (Å²) < 4.78 is 0. The van der Waals surface area contributed by atoms with E-state index < -0.39 is 0 Å². The van der Waals surface area contributed by atoms with Crippen LogP contribution in [0.3, 0.4) is 0 Å². The third-order valence-corrected chi connectivity index (χ3v) is 3.59. The Balaban J connectivity index is 1.65. The minimum absolute atomic E-state index is 0.200. The normalized spacial score (nSPS) is 14.7. The van der Waals surface area contributed by atoms with Gasteiger partial charge in [-0.1, -0.05) is 12.1 Å². The molecule has 8 heteroatoms. The van der Waals surface area contributed by atoms with Crippen LogP contribution in [0.5, 0.6) is 0 Å². The molecular formula is C15H14N6O2. The molecule has 0 spiro atoms. The number of tetrazole rings is 1. The Hall–Kier alpha value is -3.08. The average molecular weight is 310 g/mol. The lowest BCUT2D eigenvalue weighted by Crippen LogP contribution is -2.32. The number of nitriles is 1. The zero-order valence-corrected chi connectivity index (χ0v) is 12.5. The van der Waals surface area contributed by atoms with Crippen LogP contribution in [-0.2, 0) is 13.0 Å². The van der Waals surface area contributed by atoms with E-state index in [1.54, 1.807) is 31.2 Å². The van der Waals surface area contributed by atoms with Crippen molar-refractivity contribution >= 4 is 11.8 Å². The number of hydrogen-bond acceptors (Lipinski definition) is 6. The fraction of sp³-hybridized carbons (Fsp3) is 0.333. The van der Waals surface area contributed by atoms with Crippen LogP contribution >= 0.6 is 0 Å². The summed E-state index contributed by atoms with van der Waals surface area (Å²) in [5, 5.41) is 20.7. The largest absolute Gasteiger partial charge is 0.274 e. The van der Waals surface area contributed by atoms with Crippen LogP contribution < -0.4 is 0 Å². The Morgan fingerprint density at radius 3 is 2.48 bits per heavy atom. The number of amides is 2. The molecule has 1 atom stereocenters. The van der Waals surface area contributed by atoms with E-state index in [4.69, 9.17) is 5.26 Å². The van der Waals surface area contributed by atoms with E-state index in [0.717, 1.165) is 0 Å². The zero-order valence-electron chi connectivity index (χ0n) is 12.5. The second-order valence-corrected chi connectivity index (χ2v) is 5.35. The molecule has 116 valence electrons. The molecule has 8 nitrogen and oxygen atoms in total. The Labute approximate surface area is 132 Å². The van der Waals surface area contributed by atoms with Gasteiger partial charge in [-0.3, -0.25) is 14.5 Å². The van der Waals surface area contributed by atoms with Gasteiger partial charge >= 0.3 is 0 Å². The lowest BCUT2D eigenvalue weighted by atomic mass is 10.1. The summed E-state index contributed by atoms with van der Waals surface area (Å²) in [6.45, 7) is 2.32. The number of carbonyl (C=O) groups is 2. The molecule has 0 aliphatic carbocycles. The summed E-state index contributed by atoms with van der Waals surface area (Å²) in [7, 11) is 0. The van der Waals surface area contributed by atoms with Crippen LogP contribution in [0.15, 0.2) is 24.3 Å². The van der Waals surface area contributed by atoms with Crippen LogP contribution in [0.2, 0.25) is 0 Å². The summed E-state index contributed by atoms with van der Waals surface area (Å²) >= 11 is 0. The van der Waals surface area contributed by atoms with Gasteiger partial charge in [0.05, 0.1) is 29.7 Å². The molecule has 2 aromatic rings. The van der Waals surface area contributed by atoms with Crippen molar-refractivity contribution in [3.63, 3.8) is 0 Å². The van der Waals surface area contributed by atoms with Crippen LogP contribution in [0.1, 0.15) is 33.5 Å². The number of rotatable bonds is 5. The fourth-order valence-corrected chi connectivity index (χ4v) is 2.39. The summed E-state index contributed by atoms with van der Waals surface area (Å²) in [6, 6.07) is 8.85. The third-order valence-electron chi connectivity index (χ3n) is 3.59. The Morgan fingerprint density at radius 1 is 1.22 bits per heavy atom. The maximum atomic E-state index is 12.2. The lowest BCUT2D eigenvalue weighted by molar-refractivity contribution is 0.0655. The minimum atomic E-state index is -0.295. The number of benzene rings is 1. The molecule has 0 bridgehead atoms. The van der Waals surface area contributed by atoms with Crippen molar-refractivity contribution in [2.24, 2.45) is 5.92 Å². The fourth-order valence-electron chi connectivity index (χ4n) is 2.39. The predicted molar refractivity (Wildman–Crippen MR) is 78.1 cm³/mol. The highest BCUT2D eigenvalue weighted by molar-refractivity contribution is 6.21. The summed E-state index contributed by atoms with van der Waals surface area (Å²) in [5.74, 6) is -0.368. The van der Waals surface area contributed by atoms with Crippen LogP contribution in [0, 0.1) is 17.2 Å². The van der Waals surface area contributed by atoms with E-state index >= 15 is 0 Å². The van der Waals surface area contributed by atoms with Gasteiger partial charge in [0.2, 0.25) is 0 Å². The zero-order chi connectivity index (χ0) is 16.4. The number of nitrogens with zero attached hydrogens (tertiary/aromatic N) is 6. The van der Waals surface area contributed by atoms with Crippen molar-refractivity contribution in [3.8, 4) is 6.07 Å². The number of carbonyl (C=O) groups excluding carboxylic acids is 2. The van der Waals surface area contributed by atoms with Crippen molar-refractivity contribution in [1.29, 1.82) is 5.26 Å². The van der Waals surface area contributed by atoms with Crippen molar-refractivity contribution in [3.05, 3.63) is 41.2 Å². The maximum absolute atomic E-state index is 12.2. The lowest BCUT2D eigenvalue weighted by Gasteiger charge is -2.11. The number of aromatic nitrogens is 4. The van der Waals surface area contributed by atoms with E-state index in [0.29, 0.717) is 29.9 Å². The van der Waals surface area contributed by atoms with E-state index in [1.165, 1.54) is 9.70 Å². The molecule has 2 heterocycles. The first-order valence-corrected chi connectivity index (χ1v) is 7.21. The third kappa shape index (κ3) is 2.81. The summed E-state index contributed by atoms with van der Waals surface area (Å²) in [6.07, 6.45) is 0.326. The molecule has 0 fully saturated rings. The van der Waals surface area contributed by atoms with Gasteiger partial charge in [0.15, 0.2) is 5.82 Å². The Bertz CT molecular complexity index is 771. The molecule has 1 aromatic carbocycles. The van der Waals surface area contributed by atoms with Gasteiger partial charge < -0.3 is 0 Å². The molecule has 1 aliphatic heterocycles. The van der Waals surface area contributed by atoms with Crippen molar-refractivity contribution < 1.29 is 9.59 Å². The van der Waals surface area contributed by atoms with E-state index in [2.05, 4.69) is 21.5 Å². The molecule has 0 radical (unpaired) electrons. The molecule has 0 saturated carbocycles. The van der Waals surface area contributed by atoms with Crippen molar-refractivity contribution in [2.45, 2.75) is 19.9 Å². The van der Waals surface area contributed by atoms with Gasteiger partial charge in [0.25, 0.3) is 11.8 Å². The highest BCUT2D eigenvalue weighted by atomic mass is 16.2. The molecular weight excluding hydrogens is 296 g/mol. The monoisotopic (exact) mass is 310 g/mol. The summed E-state index contributed by atoms with van der Waals surface area (Å²) in [5.41, 5.74) is 0.855. The second kappa shape index (κ2) is 5.96. The van der Waals surface area contributed by atoms with Gasteiger partial charge in [-0.05, 0) is 24.3 Å². The molecule has 0 unspecified atom stereocenters. The molecule has 0 saturated heterocycles. The minimum Gasteiger partial charge on any atom is -0.274 e. The number of hydrogen-bond donors (Lipinski definition) is 0. The maximum Gasteiger partial charge on any atom is 0.261 e. The molecule has 23 heavy (non-hydrogen) atoms. The van der Waals surface area contributed by atoms with Gasteiger partial charge in [0, 0.05) is 13.0 Å². The first-order chi connectivity index (χ1) is 11.1. The van der Waals surface area contributed by atoms with E-state index in [-0.39, 0.29) is 24.3 Å². The Morgan fingerprint density at radius 2 is 1.87 bits per heavy atom. The SMILES string of the molecule is C[C@@H](C#N)Cn1nnc(CCN2C(=O)c3ccccc3C2=O)n1. The number of fused-ring (bicyclic) bond motifs is 1. The molecule has 1 aromatic heterocycles. The topological polar surface area (TPSA) is 105 Å². The smallest absolute Gasteiger partial charge is 0.261 e. The highest BCUT2D eigenvalue weighted by Crippen LogP contribution is 2.22. The quantitative estimate of drug-likeness (QED) is 0.752. The van der Waals surface area contributed by atoms with Gasteiger partial charge in [-0.15, -0.1) is 10.2 Å². The Kier molecular flexibility index (Phi) is 3.85. The predicted octanol–water partition coefficient (Wildman–Crippen LogP) is 0.671. The van der Waals surface area contributed by atoms with Crippen molar-refractivity contribution in [1.82, 2.24) is 25.1 Å². The number of imide groups is 1. The molecule has 0 N–H and O–H groups in total. The van der Waals surface area contributed by atoms with Gasteiger partial charge in [0.1, 0.15) is 0 Å². The van der Waals surface area contributed by atoms with Crippen LogP contribution in [0.25, 0.3) is 0 Å². The van der Waals surface area contributed by atoms with Gasteiger partial charge in [-0.2, -0.15) is 10.1 Å². The van der Waals surface area contributed by atoms with Crippen LogP contribution in [-0.4, -0.2) is 43.5 Å². The van der Waals surface area contributed by atoms with Crippen LogP contribution in [0.4, 0.5) is 0 Å². The van der Waals surface area contributed by atoms with E-state index in [1.807, 2.05) is 0 Å². The standard InChI is InChI=1S/C15H14N6O2/c1-10(8-16)9-21-18-13(17-19-21)6-7-20-14(22)11-4-2-3-5-12(11)15(20)23/h2-5,10H,6-7,9H2,1H3/t10-/m0/s1. The average Bonchev–Trinajstić information content (AvgIpc) is 3.10.